The molecule has 47 heavy (non-hydrogen) atoms. The summed E-state index contributed by atoms with van der Waals surface area (Å²) < 4.78 is 4.80. The third kappa shape index (κ3) is 5.79. The molecule has 5 aliphatic heterocycles. The Labute approximate surface area is 281 Å². The molecule has 10 heteroatoms. The Kier molecular flexibility index (Phi) is 8.51. The predicted molar refractivity (Wildman–Crippen MR) is 182 cm³/mol. The van der Waals surface area contributed by atoms with Gasteiger partial charge in [0, 0.05) is 39.5 Å². The number of benzene rings is 3. The lowest BCUT2D eigenvalue weighted by Gasteiger charge is -2.27. The Morgan fingerprint density at radius 3 is 2.49 bits per heavy atom. The number of nitrogens with zero attached hydrogens (tertiary/aromatic N) is 4. The van der Waals surface area contributed by atoms with Crippen LogP contribution in [0.25, 0.3) is 16.7 Å². The highest BCUT2D eigenvalue weighted by Gasteiger charge is 2.44. The second kappa shape index (κ2) is 12.9. The molecule has 0 aromatic heterocycles. The van der Waals surface area contributed by atoms with Crippen LogP contribution in [-0.4, -0.2) is 61.5 Å². The maximum Gasteiger partial charge on any atom is 0.407 e. The van der Waals surface area contributed by atoms with Gasteiger partial charge >= 0.3 is 6.09 Å². The molecule has 3 aromatic rings. The summed E-state index contributed by atoms with van der Waals surface area (Å²) in [7, 11) is 1.31. The molecule has 9 nitrogen and oxygen atoms in total. The molecule has 0 aliphatic carbocycles. The van der Waals surface area contributed by atoms with Crippen molar-refractivity contribution < 1.29 is 33.5 Å². The fourth-order valence-electron chi connectivity index (χ4n) is 7.54. The number of alkyl carbamates (subject to hydrolysis) is 1. The Morgan fingerprint density at radius 2 is 1.74 bits per heavy atom. The average molecular weight is 651 g/mol. The number of para-hydroxylation sites is 1. The van der Waals surface area contributed by atoms with Crippen LogP contribution in [0.3, 0.4) is 0 Å². The van der Waals surface area contributed by atoms with Gasteiger partial charge < -0.3 is 27.8 Å². The summed E-state index contributed by atoms with van der Waals surface area (Å²) in [5, 5.41) is 5.16. The van der Waals surface area contributed by atoms with Gasteiger partial charge in [0.05, 0.1) is 25.1 Å². The van der Waals surface area contributed by atoms with E-state index in [1.807, 2.05) is 23.4 Å². The number of allylic oxidation sites excluding steroid dienone is 1. The molecule has 0 bridgehead atoms. The number of rotatable bonds is 6. The number of amides is 2. The Bertz CT molecular complexity index is 1830. The van der Waals surface area contributed by atoms with E-state index in [2.05, 4.69) is 71.3 Å². The van der Waals surface area contributed by atoms with Gasteiger partial charge in [0.1, 0.15) is 30.0 Å². The van der Waals surface area contributed by atoms with Crippen molar-refractivity contribution in [2.24, 2.45) is 15.0 Å². The first kappa shape index (κ1) is 31.0. The van der Waals surface area contributed by atoms with E-state index >= 15 is 0 Å². The molecule has 2 unspecified atom stereocenters. The normalized spacial score (nSPS) is 24.2. The summed E-state index contributed by atoms with van der Waals surface area (Å²) in [6, 6.07) is 22.8. The Morgan fingerprint density at radius 1 is 1.00 bits per heavy atom. The van der Waals surface area contributed by atoms with Crippen LogP contribution in [0.4, 0.5) is 10.5 Å². The zero-order valence-corrected chi connectivity index (χ0v) is 27.0. The van der Waals surface area contributed by atoms with Crippen LogP contribution in [0.5, 0.6) is 0 Å². The summed E-state index contributed by atoms with van der Waals surface area (Å²) in [5.41, 5.74) is 10.3. The molecular formula is C37H39ClN6O3. The number of hydrogen-bond acceptors (Lipinski definition) is 6. The summed E-state index contributed by atoms with van der Waals surface area (Å²) in [6.45, 7) is 1.21. The van der Waals surface area contributed by atoms with Crippen molar-refractivity contribution >= 4 is 41.0 Å². The minimum Gasteiger partial charge on any atom is -1.00 e. The molecule has 2 amide bonds. The third-order valence-electron chi connectivity index (χ3n) is 10.00. The van der Waals surface area contributed by atoms with Gasteiger partial charge in [0.2, 0.25) is 5.91 Å². The van der Waals surface area contributed by atoms with E-state index in [1.54, 1.807) is 0 Å². The highest BCUT2D eigenvalue weighted by molar-refractivity contribution is 6.11. The minimum atomic E-state index is -0.673. The van der Waals surface area contributed by atoms with Crippen LogP contribution >= 0.6 is 0 Å². The van der Waals surface area contributed by atoms with E-state index in [0.717, 1.165) is 39.9 Å². The van der Waals surface area contributed by atoms with E-state index in [4.69, 9.17) is 19.7 Å². The number of carbonyl (C=O) groups is 2. The van der Waals surface area contributed by atoms with Crippen LogP contribution in [0.2, 0.25) is 0 Å². The number of quaternary nitrogens is 1. The molecular weight excluding hydrogens is 612 g/mol. The number of carbonyl (C=O) groups excluding carboxylic acids is 2. The van der Waals surface area contributed by atoms with Crippen molar-refractivity contribution in [3.05, 3.63) is 95.2 Å². The zero-order chi connectivity index (χ0) is 31.2. The van der Waals surface area contributed by atoms with E-state index < -0.39 is 12.1 Å². The van der Waals surface area contributed by atoms with Crippen molar-refractivity contribution in [3.63, 3.8) is 0 Å². The number of nitrogens with two attached hydrogens (primary N) is 1. The molecule has 1 fully saturated rings. The van der Waals surface area contributed by atoms with Gasteiger partial charge in [-0.2, -0.15) is 0 Å². The molecule has 4 atom stereocenters. The highest BCUT2D eigenvalue weighted by Crippen LogP contribution is 2.40. The molecule has 5 aliphatic rings. The third-order valence-corrected chi connectivity index (χ3v) is 10.00. The van der Waals surface area contributed by atoms with Gasteiger partial charge in [-0.15, -0.1) is 0 Å². The van der Waals surface area contributed by atoms with Gasteiger partial charge in [-0.3, -0.25) is 19.7 Å². The fourth-order valence-corrected chi connectivity index (χ4v) is 7.54. The van der Waals surface area contributed by atoms with Gasteiger partial charge in [-0.05, 0) is 51.8 Å². The van der Waals surface area contributed by atoms with Crippen molar-refractivity contribution in [2.45, 2.75) is 62.7 Å². The molecule has 1 saturated heterocycles. The standard InChI is InChI=1S/C37H36N6O3.ClH.H2/c1-46-37(45)42-30-16-15-26-4-2-5-27-19-33(43(34(26)27)36(30)44)35-40-21-32(41-35)25-13-11-23(12-14-25)22-7-9-24(10-8-22)28-18-31(39-20-28)29-6-3-17-38-29;;/h2,4-5,7-14,20-21,29-30,32-33,38H,3,6,15-19H2,1H3,(H,42,45);2*1H/t29-,30-,32?,33?;;/m0../s1. The van der Waals surface area contributed by atoms with Crippen molar-refractivity contribution in [1.29, 1.82) is 0 Å². The number of methoxy groups -OCH3 is 1. The smallest absolute Gasteiger partial charge is 0.407 e. The van der Waals surface area contributed by atoms with Gasteiger partial charge in [0.25, 0.3) is 0 Å². The molecule has 242 valence electrons. The largest absolute Gasteiger partial charge is 1.00 e. The van der Waals surface area contributed by atoms with Crippen molar-refractivity contribution in [2.75, 3.05) is 18.6 Å². The average Bonchev–Trinajstić information content (AvgIpc) is 3.91. The van der Waals surface area contributed by atoms with Gasteiger partial charge in [-0.25, -0.2) is 9.79 Å². The first-order valence-electron chi connectivity index (χ1n) is 16.3. The lowest BCUT2D eigenvalue weighted by molar-refractivity contribution is -0.654. The van der Waals surface area contributed by atoms with Crippen LogP contribution < -0.4 is 27.9 Å². The number of halogens is 1. The molecule has 0 radical (unpaired) electrons. The first-order chi connectivity index (χ1) is 22.6. The second-order valence-corrected chi connectivity index (χ2v) is 12.7. The van der Waals surface area contributed by atoms with Crippen LogP contribution in [-0.2, 0) is 22.4 Å². The maximum absolute atomic E-state index is 13.8. The zero-order valence-electron chi connectivity index (χ0n) is 26.2. The van der Waals surface area contributed by atoms with Crippen LogP contribution in [0, 0.1) is 0 Å². The highest BCUT2D eigenvalue weighted by atomic mass is 35.5. The number of amidine groups is 1. The molecule has 3 aromatic carbocycles. The Balaban J connectivity index is 0.00000201. The molecule has 0 spiro atoms. The van der Waals surface area contributed by atoms with Gasteiger partial charge in [0.15, 0.2) is 0 Å². The van der Waals surface area contributed by atoms with E-state index in [-0.39, 0.29) is 31.8 Å². The Hall–Kier alpha value is -4.60. The summed E-state index contributed by atoms with van der Waals surface area (Å²) in [6.07, 6.45) is 8.60. The summed E-state index contributed by atoms with van der Waals surface area (Å²) in [5.74, 6) is 0.485. The van der Waals surface area contributed by atoms with Crippen molar-refractivity contribution in [3.8, 4) is 11.1 Å². The van der Waals surface area contributed by atoms with E-state index in [1.165, 1.54) is 43.3 Å². The lowest BCUT2D eigenvalue weighted by atomic mass is 9.96. The lowest BCUT2D eigenvalue weighted by Crippen LogP contribution is -3.00. The van der Waals surface area contributed by atoms with E-state index in [9.17, 15) is 9.59 Å². The fraction of sp³-hybridized carbons (Fsp3) is 0.324. The van der Waals surface area contributed by atoms with Crippen LogP contribution in [0.15, 0.2) is 87.9 Å². The quantitative estimate of drug-likeness (QED) is 0.423. The number of ether oxygens (including phenoxy) is 1. The molecule has 8 rings (SSSR count). The molecule has 0 saturated carbocycles. The maximum atomic E-state index is 13.8. The van der Waals surface area contributed by atoms with Gasteiger partial charge in [-0.1, -0.05) is 66.7 Å². The number of anilines is 1. The number of aryl methyl sites for hydroxylation is 1. The molecule has 5 heterocycles. The monoisotopic (exact) mass is 650 g/mol. The van der Waals surface area contributed by atoms with Crippen LogP contribution in [0.1, 0.15) is 55.4 Å². The number of nitrogens with one attached hydrogen (secondary N) is 1. The topological polar surface area (TPSA) is 112 Å². The number of aliphatic imine (C=N–C) groups is 3. The first-order valence-corrected chi connectivity index (χ1v) is 16.3. The summed E-state index contributed by atoms with van der Waals surface area (Å²) >= 11 is 0. The van der Waals surface area contributed by atoms with Crippen molar-refractivity contribution in [1.82, 2.24) is 5.32 Å². The summed E-state index contributed by atoms with van der Waals surface area (Å²) in [4.78, 5) is 42.2. The predicted octanol–water partition coefficient (Wildman–Crippen LogP) is 1.67. The van der Waals surface area contributed by atoms with E-state index in [0.29, 0.717) is 31.1 Å². The number of hydrogen-bond donors (Lipinski definition) is 2. The second-order valence-electron chi connectivity index (χ2n) is 12.7. The minimum absolute atomic E-state index is 0. The SMILES string of the molecule is COC(=O)N[C@H]1CCc2cccc3c2N(C1=O)C(C1=NC(c2ccc(-c4ccc(C5=CN=C([C@@H]6CCC[NH2+]6)C5)cc4)cc2)C=N1)C3.[Cl-].[HH]. The molecule has 3 N–H and O–H groups in total.